The molecular weight excluding hydrogens is 399 g/mol. The summed E-state index contributed by atoms with van der Waals surface area (Å²) in [6.45, 7) is 4.63. The second-order valence-corrected chi connectivity index (χ2v) is 7.93. The molecule has 7 heteroatoms. The highest BCUT2D eigenvalue weighted by molar-refractivity contribution is 5.97. The summed E-state index contributed by atoms with van der Waals surface area (Å²) in [5, 5.41) is 2.89. The molecule has 1 aliphatic rings. The lowest BCUT2D eigenvalue weighted by Gasteiger charge is -2.32. The lowest BCUT2D eigenvalue weighted by atomic mass is 9.96. The Balaban J connectivity index is 1.65. The zero-order valence-electron chi connectivity index (χ0n) is 18.0. The molecule has 0 saturated carbocycles. The van der Waals surface area contributed by atoms with Gasteiger partial charge in [-0.15, -0.1) is 0 Å². The van der Waals surface area contributed by atoms with Gasteiger partial charge in [0.05, 0.1) is 25.0 Å². The van der Waals surface area contributed by atoms with Crippen molar-refractivity contribution in [1.82, 2.24) is 4.90 Å². The second-order valence-electron chi connectivity index (χ2n) is 7.93. The van der Waals surface area contributed by atoms with Gasteiger partial charge >= 0.3 is 5.97 Å². The fourth-order valence-corrected chi connectivity index (χ4v) is 3.80. The zero-order valence-corrected chi connectivity index (χ0v) is 18.0. The van der Waals surface area contributed by atoms with Gasteiger partial charge < -0.3 is 15.0 Å². The van der Waals surface area contributed by atoms with Gasteiger partial charge in [0.25, 0.3) is 0 Å². The number of ether oxygens (including phenoxy) is 1. The molecule has 2 amide bonds. The number of likely N-dealkylation sites (tertiary alicyclic amines) is 1. The number of benzene rings is 2. The molecule has 31 heavy (non-hydrogen) atoms. The summed E-state index contributed by atoms with van der Waals surface area (Å²) in [5.41, 5.74) is 3.36. The molecule has 0 bridgehead atoms. The van der Waals surface area contributed by atoms with Gasteiger partial charge in [-0.25, -0.2) is 9.18 Å². The van der Waals surface area contributed by atoms with Crippen LogP contribution in [0.25, 0.3) is 0 Å². The molecule has 1 N–H and O–H groups in total. The summed E-state index contributed by atoms with van der Waals surface area (Å²) < 4.78 is 17.9. The predicted molar refractivity (Wildman–Crippen MR) is 115 cm³/mol. The number of amides is 2. The molecule has 1 unspecified atom stereocenters. The third kappa shape index (κ3) is 5.48. The number of carbonyl (C=O) groups excluding carboxylic acids is 3. The molecule has 2 aromatic rings. The van der Waals surface area contributed by atoms with Crippen LogP contribution < -0.4 is 5.32 Å². The van der Waals surface area contributed by atoms with Crippen molar-refractivity contribution < 1.29 is 23.5 Å². The molecule has 3 rings (SSSR count). The van der Waals surface area contributed by atoms with E-state index in [1.54, 1.807) is 23.1 Å². The molecule has 2 aromatic carbocycles. The lowest BCUT2D eigenvalue weighted by Crippen LogP contribution is -2.44. The third-order valence-corrected chi connectivity index (χ3v) is 5.75. The van der Waals surface area contributed by atoms with E-state index < -0.39 is 5.97 Å². The number of anilines is 1. The van der Waals surface area contributed by atoms with E-state index in [-0.39, 0.29) is 30.0 Å². The van der Waals surface area contributed by atoms with E-state index in [0.717, 1.165) is 23.1 Å². The number of carbonyl (C=O) groups is 3. The smallest absolute Gasteiger partial charge is 0.338 e. The van der Waals surface area contributed by atoms with Crippen molar-refractivity contribution in [2.45, 2.75) is 33.1 Å². The third-order valence-electron chi connectivity index (χ3n) is 5.75. The van der Waals surface area contributed by atoms with Crippen LogP contribution in [0.2, 0.25) is 0 Å². The monoisotopic (exact) mass is 426 g/mol. The van der Waals surface area contributed by atoms with Crippen LogP contribution in [0.1, 0.15) is 39.9 Å². The van der Waals surface area contributed by atoms with Crippen LogP contribution >= 0.6 is 0 Å². The Hall–Kier alpha value is -3.22. The fourth-order valence-electron chi connectivity index (χ4n) is 3.80. The summed E-state index contributed by atoms with van der Waals surface area (Å²) in [6, 6.07) is 9.30. The van der Waals surface area contributed by atoms with Crippen molar-refractivity contribution in [1.29, 1.82) is 0 Å². The lowest BCUT2D eigenvalue weighted by molar-refractivity contribution is -0.133. The molecular formula is C24H27FN2O4. The largest absolute Gasteiger partial charge is 0.465 e. The van der Waals surface area contributed by atoms with Crippen molar-refractivity contribution in [3.63, 3.8) is 0 Å². The Bertz CT molecular complexity index is 988. The van der Waals surface area contributed by atoms with Crippen LogP contribution in [0, 0.1) is 25.6 Å². The first-order valence-electron chi connectivity index (χ1n) is 10.3. The van der Waals surface area contributed by atoms with Crippen molar-refractivity contribution in [2.24, 2.45) is 5.92 Å². The van der Waals surface area contributed by atoms with Gasteiger partial charge in [-0.05, 0) is 67.6 Å². The topological polar surface area (TPSA) is 75.7 Å². The molecule has 0 spiro atoms. The van der Waals surface area contributed by atoms with Crippen LogP contribution in [0.4, 0.5) is 10.1 Å². The summed E-state index contributed by atoms with van der Waals surface area (Å²) in [5.74, 6) is -1.39. The number of hydrogen-bond donors (Lipinski definition) is 1. The molecule has 1 heterocycles. The summed E-state index contributed by atoms with van der Waals surface area (Å²) >= 11 is 0. The van der Waals surface area contributed by atoms with Gasteiger partial charge in [-0.3, -0.25) is 9.59 Å². The highest BCUT2D eigenvalue weighted by atomic mass is 19.1. The molecule has 1 saturated heterocycles. The molecule has 0 aromatic heterocycles. The zero-order chi connectivity index (χ0) is 22.5. The summed E-state index contributed by atoms with van der Waals surface area (Å²) in [4.78, 5) is 39.2. The number of esters is 1. The van der Waals surface area contributed by atoms with E-state index in [1.807, 2.05) is 19.9 Å². The van der Waals surface area contributed by atoms with Crippen LogP contribution in [-0.4, -0.2) is 42.9 Å². The van der Waals surface area contributed by atoms with E-state index in [1.165, 1.54) is 19.2 Å². The van der Waals surface area contributed by atoms with Crippen molar-refractivity contribution >= 4 is 23.5 Å². The van der Waals surface area contributed by atoms with E-state index in [9.17, 15) is 18.8 Å². The minimum Gasteiger partial charge on any atom is -0.465 e. The Morgan fingerprint density at radius 2 is 1.87 bits per heavy atom. The maximum Gasteiger partial charge on any atom is 0.338 e. The van der Waals surface area contributed by atoms with Gasteiger partial charge in [0, 0.05) is 18.8 Å². The molecule has 0 aliphatic carbocycles. The first-order valence-corrected chi connectivity index (χ1v) is 10.3. The van der Waals surface area contributed by atoms with Crippen molar-refractivity contribution in [3.05, 3.63) is 64.5 Å². The molecule has 1 atom stereocenters. The average Bonchev–Trinajstić information content (AvgIpc) is 2.77. The number of nitrogens with one attached hydrogen (secondary N) is 1. The SMILES string of the molecule is COC(=O)c1cc(NC(=O)C2CCCN(C(=O)Cc3ccc(F)cc3)C2)cc(C)c1C. The molecule has 1 aliphatic heterocycles. The number of halogens is 1. The molecule has 164 valence electrons. The van der Waals surface area contributed by atoms with E-state index in [4.69, 9.17) is 4.74 Å². The Morgan fingerprint density at radius 1 is 1.16 bits per heavy atom. The quantitative estimate of drug-likeness (QED) is 0.741. The highest BCUT2D eigenvalue weighted by Crippen LogP contribution is 2.24. The minimum atomic E-state index is -0.452. The molecule has 1 fully saturated rings. The standard InChI is InChI=1S/C24H27FN2O4/c1-15-11-20(13-21(16(15)2)24(30)31-3)26-23(29)18-5-4-10-27(14-18)22(28)12-17-6-8-19(25)9-7-17/h6-9,11,13,18H,4-5,10,12,14H2,1-3H3,(H,26,29). The Kier molecular flexibility index (Phi) is 7.05. The van der Waals surface area contributed by atoms with E-state index in [2.05, 4.69) is 5.32 Å². The Morgan fingerprint density at radius 3 is 2.55 bits per heavy atom. The number of nitrogens with zero attached hydrogens (tertiary/aromatic N) is 1. The number of rotatable bonds is 5. The van der Waals surface area contributed by atoms with Gasteiger partial charge in [0.2, 0.25) is 11.8 Å². The molecule has 6 nitrogen and oxygen atoms in total. The van der Waals surface area contributed by atoms with Gasteiger partial charge in [-0.2, -0.15) is 0 Å². The van der Waals surface area contributed by atoms with E-state index >= 15 is 0 Å². The first kappa shape index (κ1) is 22.5. The van der Waals surface area contributed by atoms with E-state index in [0.29, 0.717) is 30.8 Å². The van der Waals surface area contributed by atoms with Crippen molar-refractivity contribution in [3.8, 4) is 0 Å². The molecule has 0 radical (unpaired) electrons. The number of methoxy groups -OCH3 is 1. The maximum atomic E-state index is 13.1. The number of piperidine rings is 1. The fraction of sp³-hybridized carbons (Fsp3) is 0.375. The Labute approximate surface area is 181 Å². The first-order chi connectivity index (χ1) is 14.8. The normalized spacial score (nSPS) is 16.0. The number of aryl methyl sites for hydroxylation is 1. The van der Waals surface area contributed by atoms with Crippen LogP contribution in [0.15, 0.2) is 36.4 Å². The second kappa shape index (κ2) is 9.73. The van der Waals surface area contributed by atoms with Crippen LogP contribution in [0.3, 0.4) is 0 Å². The van der Waals surface area contributed by atoms with Gasteiger partial charge in [0.1, 0.15) is 5.82 Å². The van der Waals surface area contributed by atoms with Crippen LogP contribution in [-0.2, 0) is 20.7 Å². The average molecular weight is 426 g/mol. The maximum absolute atomic E-state index is 13.1. The minimum absolute atomic E-state index is 0.0803. The van der Waals surface area contributed by atoms with Gasteiger partial charge in [0.15, 0.2) is 0 Å². The summed E-state index contributed by atoms with van der Waals surface area (Å²) in [7, 11) is 1.32. The number of hydrogen-bond acceptors (Lipinski definition) is 4. The predicted octanol–water partition coefficient (Wildman–Crippen LogP) is 3.65. The van der Waals surface area contributed by atoms with Gasteiger partial charge in [-0.1, -0.05) is 12.1 Å². The van der Waals surface area contributed by atoms with Crippen LogP contribution in [0.5, 0.6) is 0 Å². The highest BCUT2D eigenvalue weighted by Gasteiger charge is 2.28. The van der Waals surface area contributed by atoms with Crippen molar-refractivity contribution in [2.75, 3.05) is 25.5 Å². The summed E-state index contributed by atoms with van der Waals surface area (Å²) in [6.07, 6.45) is 1.59.